The summed E-state index contributed by atoms with van der Waals surface area (Å²) in [7, 11) is 0. The quantitative estimate of drug-likeness (QED) is 0.697. The normalized spacial score (nSPS) is 10.9. The maximum atomic E-state index is 5.89. The molecule has 6 nitrogen and oxygen atoms in total. The van der Waals surface area contributed by atoms with Crippen LogP contribution in [0.3, 0.4) is 0 Å². The first kappa shape index (κ1) is 10.5. The van der Waals surface area contributed by atoms with Crippen LogP contribution in [0.25, 0.3) is 11.0 Å². The van der Waals surface area contributed by atoms with Crippen molar-refractivity contribution in [3.05, 3.63) is 42.4 Å². The average molecular weight is 240 g/mol. The van der Waals surface area contributed by atoms with E-state index in [9.17, 15) is 0 Å². The van der Waals surface area contributed by atoms with Gasteiger partial charge in [-0.25, -0.2) is 4.98 Å². The van der Waals surface area contributed by atoms with E-state index in [2.05, 4.69) is 15.0 Å². The van der Waals surface area contributed by atoms with E-state index < -0.39 is 0 Å². The number of hydrogen-bond donors (Lipinski definition) is 2. The Hall–Kier alpha value is -2.63. The van der Waals surface area contributed by atoms with E-state index in [1.807, 2.05) is 29.0 Å². The average Bonchev–Trinajstić information content (AvgIpc) is 2.73. The molecule has 0 atom stereocenters. The lowest BCUT2D eigenvalue weighted by Crippen LogP contribution is -2.04. The zero-order chi connectivity index (χ0) is 12.5. The smallest absolute Gasteiger partial charge is 0.222 e. The first-order valence-electron chi connectivity index (χ1n) is 5.51. The molecule has 0 saturated carbocycles. The van der Waals surface area contributed by atoms with Crippen molar-refractivity contribution in [2.75, 3.05) is 11.5 Å². The Morgan fingerprint density at radius 1 is 1.06 bits per heavy atom. The van der Waals surface area contributed by atoms with Crippen molar-refractivity contribution in [1.82, 2.24) is 19.5 Å². The molecule has 0 aromatic carbocycles. The highest BCUT2D eigenvalue weighted by Gasteiger charge is 2.08. The summed E-state index contributed by atoms with van der Waals surface area (Å²) >= 11 is 0. The van der Waals surface area contributed by atoms with Gasteiger partial charge < -0.3 is 16.0 Å². The molecule has 0 unspecified atom stereocenters. The fourth-order valence-corrected chi connectivity index (χ4v) is 1.97. The Morgan fingerprint density at radius 3 is 2.61 bits per heavy atom. The van der Waals surface area contributed by atoms with Crippen LogP contribution < -0.4 is 11.5 Å². The molecule has 0 saturated heterocycles. The van der Waals surface area contributed by atoms with Gasteiger partial charge in [-0.05, 0) is 23.8 Å². The molecule has 0 bridgehead atoms. The highest BCUT2D eigenvalue weighted by molar-refractivity contribution is 5.86. The van der Waals surface area contributed by atoms with Gasteiger partial charge in [0, 0.05) is 25.1 Å². The maximum Gasteiger partial charge on any atom is 0.222 e. The van der Waals surface area contributed by atoms with E-state index in [0.717, 1.165) is 16.6 Å². The van der Waals surface area contributed by atoms with Gasteiger partial charge in [0.2, 0.25) is 5.95 Å². The van der Waals surface area contributed by atoms with Gasteiger partial charge in [0.1, 0.15) is 5.52 Å². The van der Waals surface area contributed by atoms with Gasteiger partial charge in [-0.1, -0.05) is 0 Å². The topological polar surface area (TPSA) is 95.6 Å². The lowest BCUT2D eigenvalue weighted by atomic mass is 10.2. The molecular formula is C12H12N6. The Bertz CT molecular complexity index is 688. The summed E-state index contributed by atoms with van der Waals surface area (Å²) in [6.45, 7) is 0.698. The van der Waals surface area contributed by atoms with Crippen LogP contribution in [0.1, 0.15) is 5.56 Å². The molecule has 0 fully saturated rings. The van der Waals surface area contributed by atoms with Gasteiger partial charge in [0.05, 0.1) is 5.52 Å². The summed E-state index contributed by atoms with van der Waals surface area (Å²) in [6.07, 6.45) is 5.45. The first-order valence-corrected chi connectivity index (χ1v) is 5.51. The highest BCUT2D eigenvalue weighted by atomic mass is 15.1. The molecule has 90 valence electrons. The first-order chi connectivity index (χ1) is 8.74. The Labute approximate surface area is 103 Å². The monoisotopic (exact) mass is 240 g/mol. The van der Waals surface area contributed by atoms with Crippen LogP contribution in [0.4, 0.5) is 11.8 Å². The van der Waals surface area contributed by atoms with E-state index in [-0.39, 0.29) is 5.95 Å². The molecule has 18 heavy (non-hydrogen) atoms. The molecule has 3 aromatic heterocycles. The summed E-state index contributed by atoms with van der Waals surface area (Å²) in [5.74, 6) is 0.596. The van der Waals surface area contributed by atoms with Crippen molar-refractivity contribution in [3.8, 4) is 0 Å². The Kier molecular flexibility index (Phi) is 2.33. The van der Waals surface area contributed by atoms with Gasteiger partial charge in [-0.2, -0.15) is 4.98 Å². The molecule has 0 spiro atoms. The molecule has 0 aliphatic heterocycles. The van der Waals surface area contributed by atoms with Crippen LogP contribution in [-0.2, 0) is 6.54 Å². The lowest BCUT2D eigenvalue weighted by molar-refractivity contribution is 0.833. The largest absolute Gasteiger partial charge is 0.382 e. The molecule has 3 heterocycles. The van der Waals surface area contributed by atoms with Crippen molar-refractivity contribution < 1.29 is 0 Å². The van der Waals surface area contributed by atoms with E-state index in [4.69, 9.17) is 11.5 Å². The minimum Gasteiger partial charge on any atom is -0.382 e. The van der Waals surface area contributed by atoms with Crippen LogP contribution in [-0.4, -0.2) is 19.5 Å². The molecule has 0 aliphatic carbocycles. The van der Waals surface area contributed by atoms with Crippen LogP contribution in [0.2, 0.25) is 0 Å². The Balaban J connectivity index is 2.08. The van der Waals surface area contributed by atoms with E-state index >= 15 is 0 Å². The lowest BCUT2D eigenvalue weighted by Gasteiger charge is -2.06. The van der Waals surface area contributed by atoms with Crippen LogP contribution in [0.15, 0.2) is 36.8 Å². The number of fused-ring (bicyclic) bond motifs is 1. The van der Waals surface area contributed by atoms with Gasteiger partial charge in [-0.3, -0.25) is 4.98 Å². The van der Waals surface area contributed by atoms with E-state index in [1.165, 1.54) is 0 Å². The van der Waals surface area contributed by atoms with Crippen molar-refractivity contribution in [2.24, 2.45) is 0 Å². The number of rotatable bonds is 2. The molecule has 0 radical (unpaired) electrons. The summed E-state index contributed by atoms with van der Waals surface area (Å²) in [5.41, 5.74) is 14.2. The number of pyridine rings is 1. The summed E-state index contributed by atoms with van der Waals surface area (Å²) < 4.78 is 2.00. The number of anilines is 2. The van der Waals surface area contributed by atoms with E-state index in [1.54, 1.807) is 12.4 Å². The zero-order valence-electron chi connectivity index (χ0n) is 9.61. The fourth-order valence-electron chi connectivity index (χ4n) is 1.97. The molecule has 3 rings (SSSR count). The number of aromatic nitrogens is 4. The number of hydrogen-bond acceptors (Lipinski definition) is 5. The van der Waals surface area contributed by atoms with Crippen molar-refractivity contribution in [3.63, 3.8) is 0 Å². The third-order valence-electron chi connectivity index (χ3n) is 2.76. The molecular weight excluding hydrogens is 228 g/mol. The molecule has 6 heteroatoms. The number of nitrogens with zero attached hydrogens (tertiary/aromatic N) is 4. The van der Waals surface area contributed by atoms with Gasteiger partial charge in [-0.15, -0.1) is 0 Å². The second-order valence-corrected chi connectivity index (χ2v) is 4.00. The molecule has 0 aliphatic rings. The van der Waals surface area contributed by atoms with Crippen LogP contribution in [0.5, 0.6) is 0 Å². The van der Waals surface area contributed by atoms with Crippen molar-refractivity contribution >= 4 is 22.8 Å². The summed E-state index contributed by atoms with van der Waals surface area (Å²) in [6, 6.07) is 5.80. The summed E-state index contributed by atoms with van der Waals surface area (Å²) in [5, 5.41) is 0. The molecule has 0 amide bonds. The molecule has 3 aromatic rings. The zero-order valence-corrected chi connectivity index (χ0v) is 9.61. The third-order valence-corrected chi connectivity index (χ3v) is 2.76. The maximum absolute atomic E-state index is 5.89. The summed E-state index contributed by atoms with van der Waals surface area (Å²) in [4.78, 5) is 12.1. The minimum atomic E-state index is 0.196. The second kappa shape index (κ2) is 3.99. The van der Waals surface area contributed by atoms with Crippen LogP contribution >= 0.6 is 0 Å². The number of nitrogen functional groups attached to an aromatic ring is 2. The fraction of sp³-hybridized carbons (Fsp3) is 0.0833. The second-order valence-electron chi connectivity index (χ2n) is 4.00. The standard InChI is InChI=1S/C12H12N6/c13-11-10-9(16-12(14)17-11)3-6-18(10)7-8-1-4-15-5-2-8/h1-6H,7H2,(H4,13,14,16,17). The van der Waals surface area contributed by atoms with Gasteiger partial charge in [0.15, 0.2) is 5.82 Å². The predicted octanol–water partition coefficient (Wildman–Crippen LogP) is 1.04. The molecule has 4 N–H and O–H groups in total. The van der Waals surface area contributed by atoms with E-state index in [0.29, 0.717) is 12.4 Å². The SMILES string of the molecule is Nc1nc(N)c2c(ccn2Cc2ccncc2)n1. The highest BCUT2D eigenvalue weighted by Crippen LogP contribution is 2.20. The van der Waals surface area contributed by atoms with Gasteiger partial charge >= 0.3 is 0 Å². The third kappa shape index (κ3) is 1.73. The minimum absolute atomic E-state index is 0.196. The van der Waals surface area contributed by atoms with Crippen LogP contribution in [0, 0.1) is 0 Å². The van der Waals surface area contributed by atoms with Crippen molar-refractivity contribution in [2.45, 2.75) is 6.54 Å². The van der Waals surface area contributed by atoms with Crippen molar-refractivity contribution in [1.29, 1.82) is 0 Å². The number of nitrogens with two attached hydrogens (primary N) is 2. The predicted molar refractivity (Wildman–Crippen MR) is 69.7 cm³/mol. The Morgan fingerprint density at radius 2 is 1.83 bits per heavy atom. The van der Waals surface area contributed by atoms with Gasteiger partial charge in [0.25, 0.3) is 0 Å².